The Labute approximate surface area is 126 Å². The van der Waals surface area contributed by atoms with Gasteiger partial charge in [0, 0.05) is 28.7 Å². The quantitative estimate of drug-likeness (QED) is 0.867. The van der Waals surface area contributed by atoms with Gasteiger partial charge < -0.3 is 15.2 Å². The van der Waals surface area contributed by atoms with Crippen LogP contribution in [-0.4, -0.2) is 25.2 Å². The van der Waals surface area contributed by atoms with Crippen molar-refractivity contribution in [3.8, 4) is 11.5 Å². The first-order valence-corrected chi connectivity index (χ1v) is 8.38. The summed E-state index contributed by atoms with van der Waals surface area (Å²) >= 11 is 2.02. The van der Waals surface area contributed by atoms with Gasteiger partial charge >= 0.3 is 0 Å². The molecular formula is C16H25NO2S. The highest BCUT2D eigenvalue weighted by atomic mass is 32.2. The summed E-state index contributed by atoms with van der Waals surface area (Å²) in [6, 6.07) is 5.88. The average Bonchev–Trinajstić information content (AvgIpc) is 2.52. The topological polar surface area (TPSA) is 44.5 Å². The van der Waals surface area contributed by atoms with Gasteiger partial charge in [-0.15, -0.1) is 0 Å². The van der Waals surface area contributed by atoms with E-state index in [1.165, 1.54) is 32.1 Å². The van der Waals surface area contributed by atoms with Crippen LogP contribution in [0.15, 0.2) is 18.2 Å². The molecule has 3 nitrogen and oxygen atoms in total. The summed E-state index contributed by atoms with van der Waals surface area (Å²) in [4.78, 5) is 0. The molecular weight excluding hydrogens is 270 g/mol. The van der Waals surface area contributed by atoms with E-state index in [9.17, 15) is 0 Å². The smallest absolute Gasteiger partial charge is 0.127 e. The molecule has 1 atom stereocenters. The third-order valence-corrected chi connectivity index (χ3v) is 5.40. The predicted molar refractivity (Wildman–Crippen MR) is 85.8 cm³/mol. The summed E-state index contributed by atoms with van der Waals surface area (Å²) in [5.74, 6) is 2.58. The van der Waals surface area contributed by atoms with Gasteiger partial charge in [-0.25, -0.2) is 0 Å². The summed E-state index contributed by atoms with van der Waals surface area (Å²) < 4.78 is 10.7. The van der Waals surface area contributed by atoms with Gasteiger partial charge in [-0.1, -0.05) is 25.3 Å². The minimum atomic E-state index is 0.0165. The summed E-state index contributed by atoms with van der Waals surface area (Å²) in [6.07, 6.45) is 6.83. The van der Waals surface area contributed by atoms with E-state index in [4.69, 9.17) is 15.2 Å². The number of hydrogen-bond donors (Lipinski definition) is 1. The molecule has 0 radical (unpaired) electrons. The second kappa shape index (κ2) is 7.79. The molecule has 1 aliphatic rings. The van der Waals surface area contributed by atoms with Gasteiger partial charge in [-0.05, 0) is 18.9 Å². The standard InChI is InChI=1S/C16H25NO2S/c1-18-12-8-9-14(16(10-12)19-2)15(17)11-20-13-6-4-3-5-7-13/h8-10,13,15H,3-7,11,17H2,1-2H3. The number of thioether (sulfide) groups is 1. The second-order valence-electron chi connectivity index (χ2n) is 5.31. The largest absolute Gasteiger partial charge is 0.497 e. The Morgan fingerprint density at radius 1 is 1.20 bits per heavy atom. The van der Waals surface area contributed by atoms with Crippen molar-refractivity contribution in [2.75, 3.05) is 20.0 Å². The van der Waals surface area contributed by atoms with Crippen LogP contribution in [0.3, 0.4) is 0 Å². The van der Waals surface area contributed by atoms with Crippen LogP contribution in [0.5, 0.6) is 11.5 Å². The third-order valence-electron chi connectivity index (χ3n) is 3.90. The number of ether oxygens (including phenoxy) is 2. The Hall–Kier alpha value is -0.870. The zero-order valence-electron chi connectivity index (χ0n) is 12.4. The summed E-state index contributed by atoms with van der Waals surface area (Å²) in [5, 5.41) is 0.791. The van der Waals surface area contributed by atoms with Crippen molar-refractivity contribution in [3.63, 3.8) is 0 Å². The zero-order chi connectivity index (χ0) is 14.4. The first-order valence-electron chi connectivity index (χ1n) is 7.33. The third kappa shape index (κ3) is 4.06. The van der Waals surface area contributed by atoms with Crippen molar-refractivity contribution >= 4 is 11.8 Å². The molecule has 4 heteroatoms. The highest BCUT2D eigenvalue weighted by Crippen LogP contribution is 2.33. The van der Waals surface area contributed by atoms with Gasteiger partial charge in [-0.2, -0.15) is 11.8 Å². The molecule has 0 saturated heterocycles. The fourth-order valence-electron chi connectivity index (χ4n) is 2.69. The molecule has 2 rings (SSSR count). The van der Waals surface area contributed by atoms with Gasteiger partial charge in [-0.3, -0.25) is 0 Å². The maximum Gasteiger partial charge on any atom is 0.127 e. The van der Waals surface area contributed by atoms with Crippen molar-refractivity contribution in [2.24, 2.45) is 5.73 Å². The van der Waals surface area contributed by atoms with Crippen molar-refractivity contribution < 1.29 is 9.47 Å². The van der Waals surface area contributed by atoms with Crippen LogP contribution in [0.25, 0.3) is 0 Å². The Morgan fingerprint density at radius 3 is 2.60 bits per heavy atom. The Bertz CT molecular complexity index is 419. The SMILES string of the molecule is COc1ccc(C(N)CSC2CCCCC2)c(OC)c1. The van der Waals surface area contributed by atoms with E-state index in [-0.39, 0.29) is 6.04 Å². The maximum absolute atomic E-state index is 6.34. The first-order chi connectivity index (χ1) is 9.74. The molecule has 0 aromatic heterocycles. The molecule has 1 unspecified atom stereocenters. The Kier molecular flexibility index (Phi) is 6.05. The molecule has 20 heavy (non-hydrogen) atoms. The van der Waals surface area contributed by atoms with E-state index >= 15 is 0 Å². The number of benzene rings is 1. The summed E-state index contributed by atoms with van der Waals surface area (Å²) in [5.41, 5.74) is 7.40. The molecule has 0 spiro atoms. The lowest BCUT2D eigenvalue weighted by atomic mass is 10.0. The molecule has 0 amide bonds. The predicted octanol–water partition coefficient (Wildman–Crippen LogP) is 3.77. The lowest BCUT2D eigenvalue weighted by Gasteiger charge is -2.23. The lowest BCUT2D eigenvalue weighted by molar-refractivity contribution is 0.389. The monoisotopic (exact) mass is 295 g/mol. The Morgan fingerprint density at radius 2 is 1.95 bits per heavy atom. The molecule has 2 N–H and O–H groups in total. The highest BCUT2D eigenvalue weighted by Gasteiger charge is 2.18. The van der Waals surface area contributed by atoms with Crippen LogP contribution >= 0.6 is 11.8 Å². The summed E-state index contributed by atoms with van der Waals surface area (Å²) in [6.45, 7) is 0. The van der Waals surface area contributed by atoms with Gasteiger partial charge in [0.25, 0.3) is 0 Å². The highest BCUT2D eigenvalue weighted by molar-refractivity contribution is 7.99. The van der Waals surface area contributed by atoms with Gasteiger partial charge in [0.05, 0.1) is 14.2 Å². The zero-order valence-corrected chi connectivity index (χ0v) is 13.2. The van der Waals surface area contributed by atoms with Crippen molar-refractivity contribution in [2.45, 2.75) is 43.4 Å². The van der Waals surface area contributed by atoms with Crippen molar-refractivity contribution in [3.05, 3.63) is 23.8 Å². The normalized spacial score (nSPS) is 17.8. The molecule has 1 aliphatic carbocycles. The van der Waals surface area contributed by atoms with E-state index in [0.29, 0.717) is 0 Å². The number of nitrogens with two attached hydrogens (primary N) is 1. The lowest BCUT2D eigenvalue weighted by Crippen LogP contribution is -2.17. The van der Waals surface area contributed by atoms with Gasteiger partial charge in [0.1, 0.15) is 11.5 Å². The first kappa shape index (κ1) is 15.5. The van der Waals surface area contributed by atoms with Gasteiger partial charge in [0.2, 0.25) is 0 Å². The van der Waals surface area contributed by atoms with Crippen LogP contribution in [0, 0.1) is 0 Å². The van der Waals surface area contributed by atoms with E-state index in [1.54, 1.807) is 14.2 Å². The van der Waals surface area contributed by atoms with Crippen LogP contribution in [-0.2, 0) is 0 Å². The molecule has 112 valence electrons. The van der Waals surface area contributed by atoms with Crippen LogP contribution in [0.2, 0.25) is 0 Å². The van der Waals surface area contributed by atoms with Crippen molar-refractivity contribution in [1.29, 1.82) is 0 Å². The minimum absolute atomic E-state index is 0.0165. The molecule has 0 aliphatic heterocycles. The minimum Gasteiger partial charge on any atom is -0.497 e. The number of rotatable bonds is 6. The molecule has 1 aromatic carbocycles. The fraction of sp³-hybridized carbons (Fsp3) is 0.625. The van der Waals surface area contributed by atoms with Crippen molar-refractivity contribution in [1.82, 2.24) is 0 Å². The number of methoxy groups -OCH3 is 2. The fourth-order valence-corrected chi connectivity index (χ4v) is 4.01. The van der Waals surface area contributed by atoms with E-state index in [0.717, 1.165) is 28.1 Å². The average molecular weight is 295 g/mol. The Balaban J connectivity index is 1.95. The van der Waals surface area contributed by atoms with E-state index < -0.39 is 0 Å². The molecule has 1 fully saturated rings. The molecule has 1 saturated carbocycles. The molecule has 1 aromatic rings. The van der Waals surface area contributed by atoms with Crippen LogP contribution in [0.1, 0.15) is 43.7 Å². The second-order valence-corrected chi connectivity index (χ2v) is 6.64. The van der Waals surface area contributed by atoms with Crippen LogP contribution in [0.4, 0.5) is 0 Å². The molecule has 0 heterocycles. The molecule has 0 bridgehead atoms. The van der Waals surface area contributed by atoms with E-state index in [1.807, 2.05) is 30.0 Å². The maximum atomic E-state index is 6.34. The van der Waals surface area contributed by atoms with E-state index in [2.05, 4.69) is 0 Å². The number of hydrogen-bond acceptors (Lipinski definition) is 4. The van der Waals surface area contributed by atoms with Crippen LogP contribution < -0.4 is 15.2 Å². The van der Waals surface area contributed by atoms with Gasteiger partial charge in [0.15, 0.2) is 0 Å². The summed E-state index contributed by atoms with van der Waals surface area (Å²) in [7, 11) is 3.34.